The van der Waals surface area contributed by atoms with Gasteiger partial charge < -0.3 is 15.2 Å². The van der Waals surface area contributed by atoms with Gasteiger partial charge in [0.05, 0.1) is 22.0 Å². The number of imidazole rings is 1. The number of thiophene rings is 1. The number of hydrogen-bond donors (Lipinski definition) is 2. The molecule has 4 rings (SSSR count). The van der Waals surface area contributed by atoms with Gasteiger partial charge in [-0.15, -0.1) is 11.3 Å². The molecule has 1 fully saturated rings. The van der Waals surface area contributed by atoms with Crippen LogP contribution < -0.4 is 5.32 Å². The molecule has 1 aliphatic carbocycles. The van der Waals surface area contributed by atoms with Crippen LogP contribution in [-0.2, 0) is 4.79 Å². The minimum absolute atomic E-state index is 0.0465. The highest BCUT2D eigenvalue weighted by atomic mass is 32.1. The van der Waals surface area contributed by atoms with Crippen LogP contribution in [0.15, 0.2) is 36.4 Å². The molecule has 0 unspecified atom stereocenters. The number of fused-ring (bicyclic) bond motifs is 1. The predicted octanol–water partition coefficient (Wildman–Crippen LogP) is 4.09. The van der Waals surface area contributed by atoms with E-state index in [1.807, 2.05) is 57.2 Å². The van der Waals surface area contributed by atoms with Gasteiger partial charge in [0.2, 0.25) is 5.91 Å². The number of carbonyl (C=O) groups excluding carboxylic acids is 2. The summed E-state index contributed by atoms with van der Waals surface area (Å²) in [5.41, 5.74) is 1.94. The molecule has 3 atom stereocenters. The van der Waals surface area contributed by atoms with E-state index in [4.69, 9.17) is 0 Å². The fraction of sp³-hybridized carbons (Fsp3) is 0.409. The Morgan fingerprint density at radius 2 is 2.00 bits per heavy atom. The topological polar surface area (TPSA) is 78.1 Å². The third kappa shape index (κ3) is 3.92. The Labute approximate surface area is 174 Å². The van der Waals surface area contributed by atoms with Gasteiger partial charge in [0.15, 0.2) is 0 Å². The summed E-state index contributed by atoms with van der Waals surface area (Å²) < 4.78 is 0. The van der Waals surface area contributed by atoms with Crippen molar-refractivity contribution in [2.75, 3.05) is 13.1 Å². The first-order valence-corrected chi connectivity index (χ1v) is 11.0. The lowest BCUT2D eigenvalue weighted by molar-refractivity contribution is -0.123. The number of para-hydroxylation sites is 2. The van der Waals surface area contributed by atoms with Gasteiger partial charge in [-0.3, -0.25) is 9.59 Å². The van der Waals surface area contributed by atoms with E-state index in [-0.39, 0.29) is 29.7 Å². The molecule has 3 aromatic rings. The first-order chi connectivity index (χ1) is 14.0. The first kappa shape index (κ1) is 19.6. The maximum atomic E-state index is 12.7. The minimum atomic E-state index is -0.123. The Morgan fingerprint density at radius 1 is 1.24 bits per heavy atom. The van der Waals surface area contributed by atoms with Gasteiger partial charge in [0.25, 0.3) is 5.91 Å². The SMILES string of the molecule is CCN(CC)C(=O)c1ccc([C@@H](C)NC(=O)[C@@H]2C[C@H]2c2nc3ccccc3[nH]2)s1. The maximum Gasteiger partial charge on any atom is 0.263 e. The summed E-state index contributed by atoms with van der Waals surface area (Å²) in [6, 6.07) is 11.6. The third-order valence-corrected chi connectivity index (χ3v) is 6.82. The van der Waals surface area contributed by atoms with Crippen LogP contribution in [0.3, 0.4) is 0 Å². The number of H-pyrrole nitrogens is 1. The lowest BCUT2D eigenvalue weighted by atomic mass is 10.2. The molecule has 2 N–H and O–H groups in total. The molecule has 7 heteroatoms. The average Bonchev–Trinajstić information content (AvgIpc) is 3.17. The summed E-state index contributed by atoms with van der Waals surface area (Å²) in [5, 5.41) is 3.11. The van der Waals surface area contributed by atoms with Crippen LogP contribution in [0.5, 0.6) is 0 Å². The maximum absolute atomic E-state index is 12.7. The number of nitrogens with zero attached hydrogens (tertiary/aromatic N) is 2. The molecule has 1 aromatic carbocycles. The van der Waals surface area contributed by atoms with E-state index in [9.17, 15) is 9.59 Å². The molecule has 152 valence electrons. The number of carbonyl (C=O) groups is 2. The van der Waals surface area contributed by atoms with Crippen molar-refractivity contribution in [1.29, 1.82) is 0 Å². The van der Waals surface area contributed by atoms with Crippen molar-refractivity contribution in [3.63, 3.8) is 0 Å². The Bertz CT molecular complexity index is 1000. The number of amides is 2. The van der Waals surface area contributed by atoms with Crippen molar-refractivity contribution in [3.05, 3.63) is 52.0 Å². The summed E-state index contributed by atoms with van der Waals surface area (Å²) >= 11 is 1.46. The average molecular weight is 411 g/mol. The van der Waals surface area contributed by atoms with Crippen molar-refractivity contribution < 1.29 is 9.59 Å². The number of nitrogens with one attached hydrogen (secondary N) is 2. The molecule has 0 spiro atoms. The molecule has 6 nitrogen and oxygen atoms in total. The molecule has 0 bridgehead atoms. The van der Waals surface area contributed by atoms with E-state index in [1.165, 1.54) is 11.3 Å². The van der Waals surface area contributed by atoms with Crippen molar-refractivity contribution in [2.24, 2.45) is 5.92 Å². The molecule has 1 aliphatic rings. The lowest BCUT2D eigenvalue weighted by Gasteiger charge is -2.17. The van der Waals surface area contributed by atoms with Gasteiger partial charge in [-0.05, 0) is 51.5 Å². The molecule has 1 saturated carbocycles. The van der Waals surface area contributed by atoms with Gasteiger partial charge in [0.1, 0.15) is 5.82 Å². The van der Waals surface area contributed by atoms with Crippen LogP contribution in [0.25, 0.3) is 11.0 Å². The van der Waals surface area contributed by atoms with E-state index < -0.39 is 0 Å². The molecule has 2 aromatic heterocycles. The van der Waals surface area contributed by atoms with Gasteiger partial charge in [0, 0.05) is 29.8 Å². The van der Waals surface area contributed by atoms with Crippen LogP contribution in [0.4, 0.5) is 0 Å². The summed E-state index contributed by atoms with van der Waals surface area (Å²) in [6.07, 6.45) is 0.814. The Balaban J connectivity index is 1.37. The molecule has 0 saturated heterocycles. The quantitative estimate of drug-likeness (QED) is 0.616. The zero-order valence-corrected chi connectivity index (χ0v) is 17.8. The van der Waals surface area contributed by atoms with E-state index in [2.05, 4.69) is 15.3 Å². The molecule has 29 heavy (non-hydrogen) atoms. The molecule has 0 radical (unpaired) electrons. The van der Waals surface area contributed by atoms with E-state index in [0.717, 1.165) is 33.0 Å². The second-order valence-electron chi connectivity index (χ2n) is 7.50. The van der Waals surface area contributed by atoms with Gasteiger partial charge in [-0.2, -0.15) is 0 Å². The normalized spacial score (nSPS) is 19.1. The summed E-state index contributed by atoms with van der Waals surface area (Å²) in [4.78, 5) is 36.7. The Hall–Kier alpha value is -2.67. The zero-order chi connectivity index (χ0) is 20.5. The second-order valence-corrected chi connectivity index (χ2v) is 8.61. The third-order valence-electron chi connectivity index (χ3n) is 5.56. The second kappa shape index (κ2) is 7.99. The summed E-state index contributed by atoms with van der Waals surface area (Å²) in [7, 11) is 0. The molecule has 2 heterocycles. The van der Waals surface area contributed by atoms with Crippen LogP contribution in [-0.4, -0.2) is 39.8 Å². The Kier molecular flexibility index (Phi) is 5.41. The van der Waals surface area contributed by atoms with E-state index in [0.29, 0.717) is 13.1 Å². The van der Waals surface area contributed by atoms with Crippen LogP contribution in [0.2, 0.25) is 0 Å². The first-order valence-electron chi connectivity index (χ1n) is 10.2. The van der Waals surface area contributed by atoms with Crippen LogP contribution >= 0.6 is 11.3 Å². The van der Waals surface area contributed by atoms with Crippen molar-refractivity contribution >= 4 is 34.2 Å². The highest BCUT2D eigenvalue weighted by Crippen LogP contribution is 2.47. The highest BCUT2D eigenvalue weighted by molar-refractivity contribution is 7.14. The zero-order valence-electron chi connectivity index (χ0n) is 16.9. The lowest BCUT2D eigenvalue weighted by Crippen LogP contribution is -2.29. The number of rotatable bonds is 7. The van der Waals surface area contributed by atoms with Gasteiger partial charge >= 0.3 is 0 Å². The van der Waals surface area contributed by atoms with Crippen molar-refractivity contribution in [3.8, 4) is 0 Å². The molecule has 0 aliphatic heterocycles. The van der Waals surface area contributed by atoms with E-state index >= 15 is 0 Å². The predicted molar refractivity (Wildman–Crippen MR) is 115 cm³/mol. The van der Waals surface area contributed by atoms with Gasteiger partial charge in [-0.1, -0.05) is 12.1 Å². The summed E-state index contributed by atoms with van der Waals surface area (Å²) in [6.45, 7) is 7.31. The minimum Gasteiger partial charge on any atom is -0.349 e. The molecule has 2 amide bonds. The van der Waals surface area contributed by atoms with Crippen LogP contribution in [0.1, 0.15) is 59.5 Å². The van der Waals surface area contributed by atoms with E-state index in [1.54, 1.807) is 4.90 Å². The highest BCUT2D eigenvalue weighted by Gasteiger charge is 2.46. The van der Waals surface area contributed by atoms with Crippen LogP contribution in [0, 0.1) is 5.92 Å². The molecular weight excluding hydrogens is 384 g/mol. The van der Waals surface area contributed by atoms with Crippen molar-refractivity contribution in [1.82, 2.24) is 20.2 Å². The standard InChI is InChI=1S/C22H26N4O2S/c1-4-26(5-2)22(28)19-11-10-18(29-19)13(3)23-21(27)15-12-14(15)20-24-16-8-6-7-9-17(16)25-20/h6-11,13-15H,4-5,12H2,1-3H3,(H,23,27)(H,24,25)/t13-,14-,15-/m1/s1. The van der Waals surface area contributed by atoms with Crippen molar-refractivity contribution in [2.45, 2.75) is 39.2 Å². The summed E-state index contributed by atoms with van der Waals surface area (Å²) in [5.74, 6) is 1.10. The fourth-order valence-electron chi connectivity index (χ4n) is 3.69. The largest absolute Gasteiger partial charge is 0.349 e. The number of aromatic amines is 1. The monoisotopic (exact) mass is 410 g/mol. The smallest absolute Gasteiger partial charge is 0.263 e. The number of hydrogen-bond acceptors (Lipinski definition) is 4. The molecular formula is C22H26N4O2S. The number of benzene rings is 1. The van der Waals surface area contributed by atoms with Gasteiger partial charge in [-0.25, -0.2) is 4.98 Å². The fourth-order valence-corrected chi connectivity index (χ4v) is 4.67. The number of aromatic nitrogens is 2. The Morgan fingerprint density at radius 3 is 2.72 bits per heavy atom.